The highest BCUT2D eigenvalue weighted by Crippen LogP contribution is 2.25. The topological polar surface area (TPSA) is 46.2 Å². The Labute approximate surface area is 96.0 Å². The van der Waals surface area contributed by atoms with Crippen LogP contribution in [-0.4, -0.2) is 14.5 Å². The number of hydrogen-bond donors (Lipinski definition) is 1. The molecule has 1 aromatic rings. The number of sulfonamides is 1. The average molecular weight is 296 g/mol. The third kappa shape index (κ3) is 2.91. The molecule has 1 N–H and O–H groups in total. The lowest BCUT2D eigenvalue weighted by Crippen LogP contribution is -2.30. The third-order valence-corrected chi connectivity index (χ3v) is 5.18. The maximum absolute atomic E-state index is 11.6. The van der Waals surface area contributed by atoms with Crippen molar-refractivity contribution in [1.29, 1.82) is 0 Å². The highest BCUT2D eigenvalue weighted by atomic mass is 79.9. The molecule has 0 fully saturated rings. The zero-order chi connectivity index (χ0) is 10.8. The molecule has 0 radical (unpaired) electrons. The molecule has 6 heteroatoms. The number of rotatable bonds is 4. The molecule has 0 aromatic carbocycles. The van der Waals surface area contributed by atoms with Gasteiger partial charge >= 0.3 is 0 Å². The van der Waals surface area contributed by atoms with Crippen LogP contribution in [-0.2, 0) is 10.0 Å². The van der Waals surface area contributed by atoms with E-state index in [1.807, 2.05) is 0 Å². The van der Waals surface area contributed by atoms with Gasteiger partial charge in [-0.1, -0.05) is 6.08 Å². The summed E-state index contributed by atoms with van der Waals surface area (Å²) in [7, 11) is -3.38. The number of hydrogen-bond acceptors (Lipinski definition) is 3. The van der Waals surface area contributed by atoms with Crippen molar-refractivity contribution in [1.82, 2.24) is 4.72 Å². The fraction of sp³-hybridized carbons (Fsp3) is 0.250. The Balaban J connectivity index is 2.91. The van der Waals surface area contributed by atoms with E-state index in [1.165, 1.54) is 11.3 Å². The van der Waals surface area contributed by atoms with Crippen molar-refractivity contribution in [3.05, 3.63) is 28.6 Å². The first-order chi connectivity index (χ1) is 6.45. The summed E-state index contributed by atoms with van der Waals surface area (Å²) < 4.78 is 26.9. The molecule has 1 atom stereocenters. The van der Waals surface area contributed by atoms with Gasteiger partial charge in [-0.25, -0.2) is 13.1 Å². The van der Waals surface area contributed by atoms with Crippen molar-refractivity contribution in [3.63, 3.8) is 0 Å². The van der Waals surface area contributed by atoms with Crippen LogP contribution in [0.2, 0.25) is 0 Å². The molecule has 0 saturated carbocycles. The lowest BCUT2D eigenvalue weighted by molar-refractivity contribution is 0.578. The molecule has 1 rings (SSSR count). The average Bonchev–Trinajstić information content (AvgIpc) is 2.51. The van der Waals surface area contributed by atoms with Crippen molar-refractivity contribution in [2.45, 2.75) is 17.2 Å². The fourth-order valence-electron chi connectivity index (χ4n) is 0.793. The van der Waals surface area contributed by atoms with Gasteiger partial charge in [-0.15, -0.1) is 17.9 Å². The van der Waals surface area contributed by atoms with Crippen LogP contribution in [0.15, 0.2) is 32.8 Å². The van der Waals surface area contributed by atoms with Gasteiger partial charge in [-0.3, -0.25) is 0 Å². The first kappa shape index (κ1) is 11.9. The lowest BCUT2D eigenvalue weighted by atomic mass is 10.4. The molecule has 3 nitrogen and oxygen atoms in total. The second-order valence-corrected chi connectivity index (χ2v) is 7.11. The van der Waals surface area contributed by atoms with Gasteiger partial charge in [0.1, 0.15) is 4.21 Å². The summed E-state index contributed by atoms with van der Waals surface area (Å²) >= 11 is 4.39. The normalized spacial score (nSPS) is 13.9. The van der Waals surface area contributed by atoms with E-state index in [-0.39, 0.29) is 6.04 Å². The van der Waals surface area contributed by atoms with Crippen LogP contribution >= 0.6 is 27.3 Å². The molecule has 14 heavy (non-hydrogen) atoms. The Kier molecular flexibility index (Phi) is 3.88. The van der Waals surface area contributed by atoms with E-state index in [2.05, 4.69) is 27.2 Å². The second-order valence-electron chi connectivity index (χ2n) is 2.70. The minimum Gasteiger partial charge on any atom is -0.206 e. The molecule has 1 heterocycles. The predicted molar refractivity (Wildman–Crippen MR) is 62.0 cm³/mol. The molecule has 0 aliphatic heterocycles. The van der Waals surface area contributed by atoms with E-state index < -0.39 is 10.0 Å². The molecule has 1 unspecified atom stereocenters. The maximum Gasteiger partial charge on any atom is 0.250 e. The summed E-state index contributed by atoms with van der Waals surface area (Å²) in [6, 6.07) is 3.01. The molecule has 0 aliphatic carbocycles. The van der Waals surface area contributed by atoms with Crippen molar-refractivity contribution < 1.29 is 8.42 Å². The summed E-state index contributed by atoms with van der Waals surface area (Å²) in [4.78, 5) is 0. The van der Waals surface area contributed by atoms with E-state index in [0.29, 0.717) is 4.21 Å². The first-order valence-corrected chi connectivity index (χ1v) is 6.95. The highest BCUT2D eigenvalue weighted by Gasteiger charge is 2.17. The summed E-state index contributed by atoms with van der Waals surface area (Å²) in [5.74, 6) is 0. The van der Waals surface area contributed by atoms with E-state index in [0.717, 1.165) is 3.79 Å². The Morgan fingerprint density at radius 1 is 1.64 bits per heavy atom. The van der Waals surface area contributed by atoms with Crippen LogP contribution in [0.25, 0.3) is 0 Å². The lowest BCUT2D eigenvalue weighted by Gasteiger charge is -2.07. The Morgan fingerprint density at radius 3 is 2.71 bits per heavy atom. The first-order valence-electron chi connectivity index (χ1n) is 3.86. The Hall–Kier alpha value is -0.170. The summed E-state index contributed by atoms with van der Waals surface area (Å²) in [6.07, 6.45) is 1.54. The van der Waals surface area contributed by atoms with Crippen molar-refractivity contribution in [3.8, 4) is 0 Å². The van der Waals surface area contributed by atoms with Gasteiger partial charge < -0.3 is 0 Å². The van der Waals surface area contributed by atoms with Crippen LogP contribution in [0, 0.1) is 0 Å². The summed E-state index contributed by atoms with van der Waals surface area (Å²) in [5, 5.41) is 0. The Bertz CT molecular complexity index is 424. The minimum atomic E-state index is -3.38. The predicted octanol–water partition coefficient (Wildman–Crippen LogP) is 2.36. The van der Waals surface area contributed by atoms with Crippen LogP contribution in [0.3, 0.4) is 0 Å². The molecule has 0 amide bonds. The summed E-state index contributed by atoms with van der Waals surface area (Å²) in [5.41, 5.74) is 0. The third-order valence-electron chi connectivity index (χ3n) is 1.51. The zero-order valence-corrected chi connectivity index (χ0v) is 10.7. The van der Waals surface area contributed by atoms with Crippen LogP contribution < -0.4 is 4.72 Å². The standard InChI is InChI=1S/C8H10BrNO2S2/c1-3-6(2)10-14(11,12)8-5-4-7(9)13-8/h3-6,10H,1H2,2H3. The minimum absolute atomic E-state index is 0.263. The highest BCUT2D eigenvalue weighted by molar-refractivity contribution is 9.11. The maximum atomic E-state index is 11.6. The van der Waals surface area contributed by atoms with Crippen LogP contribution in [0.1, 0.15) is 6.92 Å². The molecule has 1 aromatic heterocycles. The monoisotopic (exact) mass is 295 g/mol. The van der Waals surface area contributed by atoms with Crippen molar-refractivity contribution in [2.24, 2.45) is 0 Å². The second kappa shape index (κ2) is 4.57. The van der Waals surface area contributed by atoms with Crippen molar-refractivity contribution >= 4 is 37.3 Å². The van der Waals surface area contributed by atoms with Gasteiger partial charge in [0.05, 0.1) is 3.79 Å². The Morgan fingerprint density at radius 2 is 2.29 bits per heavy atom. The van der Waals surface area contributed by atoms with E-state index in [9.17, 15) is 8.42 Å². The zero-order valence-electron chi connectivity index (χ0n) is 7.53. The fourth-order valence-corrected chi connectivity index (χ4v) is 4.04. The van der Waals surface area contributed by atoms with E-state index in [4.69, 9.17) is 0 Å². The van der Waals surface area contributed by atoms with Gasteiger partial charge in [0.2, 0.25) is 0 Å². The smallest absolute Gasteiger partial charge is 0.206 e. The van der Waals surface area contributed by atoms with E-state index >= 15 is 0 Å². The SMILES string of the molecule is C=CC(C)NS(=O)(=O)c1ccc(Br)s1. The van der Waals surface area contributed by atoms with Gasteiger partial charge in [-0.05, 0) is 35.0 Å². The summed E-state index contributed by atoms with van der Waals surface area (Å²) in [6.45, 7) is 5.24. The molecule has 0 saturated heterocycles. The molecule has 0 spiro atoms. The molecular formula is C8H10BrNO2S2. The molecule has 0 bridgehead atoms. The molecule has 0 aliphatic rings. The quantitative estimate of drug-likeness (QED) is 0.867. The van der Waals surface area contributed by atoms with Gasteiger partial charge in [0.15, 0.2) is 0 Å². The van der Waals surface area contributed by atoms with Gasteiger partial charge in [0, 0.05) is 6.04 Å². The largest absolute Gasteiger partial charge is 0.250 e. The molecular weight excluding hydrogens is 286 g/mol. The number of thiophene rings is 1. The number of nitrogens with one attached hydrogen (secondary N) is 1. The van der Waals surface area contributed by atoms with Gasteiger partial charge in [-0.2, -0.15) is 0 Å². The van der Waals surface area contributed by atoms with Gasteiger partial charge in [0.25, 0.3) is 10.0 Å². The molecule has 78 valence electrons. The van der Waals surface area contributed by atoms with Crippen molar-refractivity contribution in [2.75, 3.05) is 0 Å². The van der Waals surface area contributed by atoms with Crippen LogP contribution in [0.5, 0.6) is 0 Å². The number of halogens is 1. The van der Waals surface area contributed by atoms with E-state index in [1.54, 1.807) is 25.1 Å². The van der Waals surface area contributed by atoms with Crippen LogP contribution in [0.4, 0.5) is 0 Å².